The summed E-state index contributed by atoms with van der Waals surface area (Å²) >= 11 is 8.94. The number of carboxylic acid groups (broad SMARTS) is 1. The second kappa shape index (κ2) is 7.38. The van der Waals surface area contributed by atoms with Gasteiger partial charge >= 0.3 is 5.97 Å². The van der Waals surface area contributed by atoms with Gasteiger partial charge in [-0.15, -0.1) is 0 Å². The topological polar surface area (TPSA) is 41.2 Å². The maximum absolute atomic E-state index is 11.0. The summed E-state index contributed by atoms with van der Waals surface area (Å²) < 4.78 is 3.11. The second-order valence-corrected chi connectivity index (χ2v) is 7.84. The van der Waals surface area contributed by atoms with E-state index >= 15 is 0 Å². The second-order valence-electron chi connectivity index (χ2n) is 5.16. The van der Waals surface area contributed by atoms with Crippen LogP contribution >= 0.6 is 34.7 Å². The monoisotopic (exact) mass is 376 g/mol. The lowest BCUT2D eigenvalue weighted by Gasteiger charge is -1.99. The Balaban J connectivity index is 2.11. The first-order valence-electron chi connectivity index (χ1n) is 7.25. The molecule has 0 fully saturated rings. The molecule has 1 N–H and O–H groups in total. The Hall–Kier alpha value is -1.82. The summed E-state index contributed by atoms with van der Waals surface area (Å²) in [7, 11) is 2.01. The van der Waals surface area contributed by atoms with Gasteiger partial charge in [0.05, 0.1) is 11.3 Å². The van der Waals surface area contributed by atoms with Crippen LogP contribution in [0, 0.1) is 0 Å². The molecule has 2 aromatic carbocycles. The third kappa shape index (κ3) is 3.64. The zero-order chi connectivity index (χ0) is 17.1. The maximum Gasteiger partial charge on any atom is 0.313 e. The molecule has 0 atom stereocenters. The molecule has 6 heteroatoms. The van der Waals surface area contributed by atoms with Gasteiger partial charge in [-0.2, -0.15) is 4.57 Å². The molecule has 1 heterocycles. The van der Waals surface area contributed by atoms with Crippen molar-refractivity contribution in [3.63, 3.8) is 0 Å². The third-order valence-electron chi connectivity index (χ3n) is 3.49. The molecule has 0 saturated carbocycles. The van der Waals surface area contributed by atoms with Crippen LogP contribution in [0.15, 0.2) is 58.8 Å². The van der Waals surface area contributed by atoms with Crippen LogP contribution in [-0.4, -0.2) is 16.8 Å². The Bertz CT molecular complexity index is 861. The van der Waals surface area contributed by atoms with E-state index in [1.807, 2.05) is 61.6 Å². The molecule has 0 aliphatic carbocycles. The molecular formula is C18H15ClNO2S2+. The predicted molar refractivity (Wildman–Crippen MR) is 99.7 cm³/mol. The summed E-state index contributed by atoms with van der Waals surface area (Å²) in [4.78, 5) is 11.0. The van der Waals surface area contributed by atoms with Gasteiger partial charge in [-0.1, -0.05) is 52.9 Å². The molecule has 24 heavy (non-hydrogen) atoms. The number of aliphatic carboxylic acids is 1. The molecule has 0 radical (unpaired) electrons. The minimum absolute atomic E-state index is 0.0421. The number of benzene rings is 2. The lowest BCUT2D eigenvalue weighted by Crippen LogP contribution is -2.30. The van der Waals surface area contributed by atoms with Crippen molar-refractivity contribution < 1.29 is 14.5 Å². The number of hydrogen-bond donors (Lipinski definition) is 1. The Morgan fingerprint density at radius 1 is 1.12 bits per heavy atom. The average molecular weight is 377 g/mol. The molecule has 0 aliphatic rings. The Labute approximate surface area is 153 Å². The standard InChI is InChI=1S/C18H14ClNO2S2/c1-20-16(12-5-3-2-4-6-12)18(23-11-15(21)22)24-17(20)13-7-9-14(19)10-8-13/h2-10H,11H2,1H3/p+1. The lowest BCUT2D eigenvalue weighted by molar-refractivity contribution is -0.646. The maximum atomic E-state index is 11.0. The van der Waals surface area contributed by atoms with Crippen molar-refractivity contribution in [2.45, 2.75) is 4.21 Å². The van der Waals surface area contributed by atoms with Crippen LogP contribution in [0.1, 0.15) is 0 Å². The van der Waals surface area contributed by atoms with E-state index in [0.717, 1.165) is 26.0 Å². The van der Waals surface area contributed by atoms with Gasteiger partial charge in [0.15, 0.2) is 0 Å². The van der Waals surface area contributed by atoms with Crippen molar-refractivity contribution in [3.8, 4) is 21.8 Å². The van der Waals surface area contributed by atoms with E-state index in [1.54, 1.807) is 11.3 Å². The van der Waals surface area contributed by atoms with E-state index in [0.29, 0.717) is 5.02 Å². The summed E-state index contributed by atoms with van der Waals surface area (Å²) in [5, 5.41) is 10.8. The van der Waals surface area contributed by atoms with Gasteiger partial charge in [-0.25, -0.2) is 0 Å². The van der Waals surface area contributed by atoms with Crippen LogP contribution < -0.4 is 4.57 Å². The molecule has 0 saturated heterocycles. The fraction of sp³-hybridized carbons (Fsp3) is 0.111. The normalized spacial score (nSPS) is 10.8. The highest BCUT2D eigenvalue weighted by molar-refractivity contribution is 8.01. The number of aromatic nitrogens is 1. The molecule has 3 rings (SSSR count). The summed E-state index contributed by atoms with van der Waals surface area (Å²) in [5.41, 5.74) is 3.17. The zero-order valence-corrected chi connectivity index (χ0v) is 15.3. The minimum Gasteiger partial charge on any atom is -0.481 e. The van der Waals surface area contributed by atoms with E-state index in [1.165, 1.54) is 11.8 Å². The number of carboxylic acids is 1. The molecule has 0 amide bonds. The average Bonchev–Trinajstić information content (AvgIpc) is 2.91. The Morgan fingerprint density at radius 2 is 1.79 bits per heavy atom. The van der Waals surface area contributed by atoms with Crippen molar-refractivity contribution in [1.29, 1.82) is 0 Å². The quantitative estimate of drug-likeness (QED) is 0.516. The van der Waals surface area contributed by atoms with E-state index in [9.17, 15) is 4.79 Å². The fourth-order valence-corrected chi connectivity index (χ4v) is 4.85. The van der Waals surface area contributed by atoms with Crippen molar-refractivity contribution in [2.75, 3.05) is 5.75 Å². The molecule has 3 nitrogen and oxygen atoms in total. The predicted octanol–water partition coefficient (Wildman–Crippen LogP) is 4.74. The molecule has 0 bridgehead atoms. The van der Waals surface area contributed by atoms with Crippen LogP contribution in [0.2, 0.25) is 5.02 Å². The minimum atomic E-state index is -0.817. The molecule has 3 aromatic rings. The third-order valence-corrected chi connectivity index (χ3v) is 6.27. The van der Waals surface area contributed by atoms with Gasteiger partial charge in [0.2, 0.25) is 5.69 Å². The number of nitrogens with zero attached hydrogens (tertiary/aromatic N) is 1. The van der Waals surface area contributed by atoms with Crippen molar-refractivity contribution in [1.82, 2.24) is 0 Å². The number of hydrogen-bond acceptors (Lipinski definition) is 3. The first-order valence-corrected chi connectivity index (χ1v) is 9.43. The number of rotatable bonds is 5. The number of halogens is 1. The smallest absolute Gasteiger partial charge is 0.313 e. The van der Waals surface area contributed by atoms with Gasteiger partial charge in [0, 0.05) is 10.6 Å². The van der Waals surface area contributed by atoms with E-state index < -0.39 is 5.97 Å². The van der Waals surface area contributed by atoms with Crippen LogP contribution in [0.25, 0.3) is 21.8 Å². The van der Waals surface area contributed by atoms with Crippen LogP contribution in [0.3, 0.4) is 0 Å². The first-order chi connectivity index (χ1) is 11.6. The van der Waals surface area contributed by atoms with E-state index in [-0.39, 0.29) is 5.75 Å². The molecule has 0 spiro atoms. The molecular weight excluding hydrogens is 362 g/mol. The molecule has 0 unspecified atom stereocenters. The van der Waals surface area contributed by atoms with Crippen molar-refractivity contribution >= 4 is 40.7 Å². The number of carbonyl (C=O) groups is 1. The summed E-state index contributed by atoms with van der Waals surface area (Å²) in [6.07, 6.45) is 0. The van der Waals surface area contributed by atoms with Crippen molar-refractivity contribution in [3.05, 3.63) is 59.6 Å². The molecule has 0 aliphatic heterocycles. The zero-order valence-electron chi connectivity index (χ0n) is 12.9. The highest BCUT2D eigenvalue weighted by Gasteiger charge is 2.26. The number of thiazole rings is 1. The van der Waals surface area contributed by atoms with Crippen LogP contribution in [-0.2, 0) is 11.8 Å². The highest BCUT2D eigenvalue weighted by Crippen LogP contribution is 2.38. The van der Waals surface area contributed by atoms with Gasteiger partial charge in [-0.3, -0.25) is 4.79 Å². The van der Waals surface area contributed by atoms with E-state index in [2.05, 4.69) is 4.57 Å². The Kier molecular flexibility index (Phi) is 5.23. The molecule has 122 valence electrons. The van der Waals surface area contributed by atoms with Gasteiger partial charge < -0.3 is 5.11 Å². The first kappa shape index (κ1) is 17.0. The fourth-order valence-electron chi connectivity index (χ4n) is 2.42. The lowest BCUT2D eigenvalue weighted by atomic mass is 10.1. The SMILES string of the molecule is C[n+]1c(-c2ccc(Cl)cc2)sc(SCC(=O)O)c1-c1ccccc1. The highest BCUT2D eigenvalue weighted by atomic mass is 35.5. The Morgan fingerprint density at radius 3 is 2.42 bits per heavy atom. The van der Waals surface area contributed by atoms with Gasteiger partial charge in [-0.05, 0) is 36.4 Å². The van der Waals surface area contributed by atoms with Gasteiger partial charge in [0.1, 0.15) is 11.3 Å². The van der Waals surface area contributed by atoms with E-state index in [4.69, 9.17) is 16.7 Å². The molecule has 1 aromatic heterocycles. The van der Waals surface area contributed by atoms with Crippen LogP contribution in [0.4, 0.5) is 0 Å². The summed E-state index contributed by atoms with van der Waals surface area (Å²) in [5.74, 6) is -0.774. The van der Waals surface area contributed by atoms with Crippen molar-refractivity contribution in [2.24, 2.45) is 7.05 Å². The summed E-state index contributed by atoms with van der Waals surface area (Å²) in [6.45, 7) is 0. The van der Waals surface area contributed by atoms with Crippen LogP contribution in [0.5, 0.6) is 0 Å². The van der Waals surface area contributed by atoms with Gasteiger partial charge in [0.25, 0.3) is 5.01 Å². The summed E-state index contributed by atoms with van der Waals surface area (Å²) in [6, 6.07) is 17.7. The number of thioether (sulfide) groups is 1. The largest absolute Gasteiger partial charge is 0.481 e.